The van der Waals surface area contributed by atoms with Gasteiger partial charge in [-0.15, -0.1) is 0 Å². The molecule has 1 aliphatic heterocycles. The van der Waals surface area contributed by atoms with E-state index in [0.717, 1.165) is 28.0 Å². The Balaban J connectivity index is 1.43. The Bertz CT molecular complexity index is 1070. The first kappa shape index (κ1) is 17.1. The van der Waals surface area contributed by atoms with Gasteiger partial charge in [-0.25, -0.2) is 4.79 Å². The van der Waals surface area contributed by atoms with Gasteiger partial charge in [-0.1, -0.05) is 17.3 Å². The summed E-state index contributed by atoms with van der Waals surface area (Å²) in [6.07, 6.45) is 0.437. The normalized spacial score (nSPS) is 16.1. The molecule has 0 fully saturated rings. The lowest BCUT2D eigenvalue weighted by Crippen LogP contribution is -2.18. The Morgan fingerprint density at radius 1 is 1.19 bits per heavy atom. The number of ether oxygens (including phenoxy) is 2. The van der Waals surface area contributed by atoms with Crippen molar-refractivity contribution in [1.29, 1.82) is 0 Å². The minimum absolute atomic E-state index is 0.190. The first-order chi connectivity index (χ1) is 13.1. The highest BCUT2D eigenvalue weighted by Crippen LogP contribution is 2.26. The molecule has 6 heteroatoms. The molecule has 0 saturated carbocycles. The molecule has 2 aromatic carbocycles. The molecule has 1 aliphatic rings. The van der Waals surface area contributed by atoms with Crippen LogP contribution in [0.4, 0.5) is 0 Å². The average molecular weight is 365 g/mol. The highest BCUT2D eigenvalue weighted by atomic mass is 16.7. The summed E-state index contributed by atoms with van der Waals surface area (Å²) in [7, 11) is 1.63. The maximum atomic E-state index is 11.6. The summed E-state index contributed by atoms with van der Waals surface area (Å²) in [6, 6.07) is 14.6. The molecule has 1 atom stereocenters. The minimum Gasteiger partial charge on any atom is -0.496 e. The molecule has 138 valence electrons. The van der Waals surface area contributed by atoms with Gasteiger partial charge in [0.1, 0.15) is 23.7 Å². The highest BCUT2D eigenvalue weighted by Gasteiger charge is 2.24. The molecule has 0 unspecified atom stereocenters. The number of rotatable bonds is 5. The third-order valence-corrected chi connectivity index (χ3v) is 4.51. The molecule has 0 N–H and O–H groups in total. The number of benzene rings is 2. The first-order valence-corrected chi connectivity index (χ1v) is 8.67. The fraction of sp³-hybridized carbons (Fsp3) is 0.238. The summed E-state index contributed by atoms with van der Waals surface area (Å²) in [4.78, 5) is 17.1. The van der Waals surface area contributed by atoms with Gasteiger partial charge in [0.15, 0.2) is 6.10 Å². The van der Waals surface area contributed by atoms with Crippen molar-refractivity contribution in [2.45, 2.75) is 19.4 Å². The van der Waals surface area contributed by atoms with E-state index in [-0.39, 0.29) is 11.7 Å². The third-order valence-electron chi connectivity index (χ3n) is 4.51. The van der Waals surface area contributed by atoms with Crippen molar-refractivity contribution < 1.29 is 18.7 Å². The molecular weight excluding hydrogens is 346 g/mol. The van der Waals surface area contributed by atoms with Crippen LogP contribution >= 0.6 is 0 Å². The van der Waals surface area contributed by atoms with Crippen LogP contribution in [0.1, 0.15) is 17.5 Å². The Morgan fingerprint density at radius 2 is 2.04 bits per heavy atom. The van der Waals surface area contributed by atoms with Crippen LogP contribution in [0.15, 0.2) is 62.9 Å². The number of methoxy groups -OCH3 is 1. The van der Waals surface area contributed by atoms with Crippen molar-refractivity contribution >= 4 is 16.7 Å². The molecule has 0 bridgehead atoms. The van der Waals surface area contributed by atoms with E-state index in [1.165, 1.54) is 6.07 Å². The monoisotopic (exact) mass is 365 g/mol. The summed E-state index contributed by atoms with van der Waals surface area (Å²) >= 11 is 0. The van der Waals surface area contributed by atoms with E-state index in [1.54, 1.807) is 13.2 Å². The van der Waals surface area contributed by atoms with Crippen LogP contribution in [0.25, 0.3) is 11.0 Å². The Kier molecular flexibility index (Phi) is 4.54. The van der Waals surface area contributed by atoms with E-state index < -0.39 is 0 Å². The molecule has 0 aliphatic carbocycles. The fourth-order valence-electron chi connectivity index (χ4n) is 3.14. The second-order valence-electron chi connectivity index (χ2n) is 6.39. The lowest BCUT2D eigenvalue weighted by molar-refractivity contribution is 0.0471. The summed E-state index contributed by atoms with van der Waals surface area (Å²) in [6.45, 7) is 2.21. The summed E-state index contributed by atoms with van der Waals surface area (Å²) in [5, 5.41) is 5.07. The van der Waals surface area contributed by atoms with Gasteiger partial charge < -0.3 is 18.7 Å². The molecule has 27 heavy (non-hydrogen) atoms. The summed E-state index contributed by atoms with van der Waals surface area (Å²) in [5.41, 5.74) is 2.77. The van der Waals surface area contributed by atoms with Crippen molar-refractivity contribution in [2.24, 2.45) is 5.16 Å². The van der Waals surface area contributed by atoms with Crippen molar-refractivity contribution in [1.82, 2.24) is 0 Å². The Hall–Kier alpha value is -3.28. The van der Waals surface area contributed by atoms with Crippen molar-refractivity contribution in [2.75, 3.05) is 13.7 Å². The van der Waals surface area contributed by atoms with Crippen molar-refractivity contribution in [3.8, 4) is 11.5 Å². The average Bonchev–Trinajstić information content (AvgIpc) is 3.14. The summed E-state index contributed by atoms with van der Waals surface area (Å²) < 4.78 is 16.5. The predicted octanol–water partition coefficient (Wildman–Crippen LogP) is 3.68. The predicted molar refractivity (Wildman–Crippen MR) is 102 cm³/mol. The Morgan fingerprint density at radius 3 is 2.89 bits per heavy atom. The molecule has 1 aromatic heterocycles. The zero-order chi connectivity index (χ0) is 18.8. The van der Waals surface area contributed by atoms with Gasteiger partial charge in [0.2, 0.25) is 0 Å². The second kappa shape index (κ2) is 7.15. The Labute approximate surface area is 156 Å². The third kappa shape index (κ3) is 3.51. The molecular formula is C21H19NO5. The van der Waals surface area contributed by atoms with Gasteiger partial charge >= 0.3 is 5.63 Å². The topological polar surface area (TPSA) is 70.3 Å². The smallest absolute Gasteiger partial charge is 0.336 e. The lowest BCUT2D eigenvalue weighted by atomic mass is 10.0. The SMILES string of the molecule is COc1ccccc1C1=NO[C@@H](COc2ccc3c(C)cc(=O)oc3c2)C1. The highest BCUT2D eigenvalue weighted by molar-refractivity contribution is 6.03. The van der Waals surface area contributed by atoms with E-state index in [9.17, 15) is 4.79 Å². The molecule has 0 spiro atoms. The van der Waals surface area contributed by atoms with Gasteiger partial charge in [-0.05, 0) is 36.8 Å². The zero-order valence-corrected chi connectivity index (χ0v) is 15.1. The number of fused-ring (bicyclic) bond motifs is 1. The van der Waals surface area contributed by atoms with Crippen LogP contribution in [0, 0.1) is 6.92 Å². The molecule has 0 amide bonds. The van der Waals surface area contributed by atoms with E-state index in [0.29, 0.717) is 24.4 Å². The quantitative estimate of drug-likeness (QED) is 0.645. The molecule has 2 heterocycles. The largest absolute Gasteiger partial charge is 0.496 e. The number of oxime groups is 1. The van der Waals surface area contributed by atoms with E-state index in [4.69, 9.17) is 18.7 Å². The van der Waals surface area contributed by atoms with Crippen molar-refractivity contribution in [3.63, 3.8) is 0 Å². The van der Waals surface area contributed by atoms with Crippen LogP contribution in [-0.2, 0) is 4.84 Å². The first-order valence-electron chi connectivity index (χ1n) is 8.67. The second-order valence-corrected chi connectivity index (χ2v) is 6.39. The number of hydrogen-bond donors (Lipinski definition) is 0. The molecule has 0 saturated heterocycles. The zero-order valence-electron chi connectivity index (χ0n) is 15.1. The van der Waals surface area contributed by atoms with E-state index >= 15 is 0 Å². The maximum Gasteiger partial charge on any atom is 0.336 e. The summed E-state index contributed by atoms with van der Waals surface area (Å²) in [5.74, 6) is 1.38. The molecule has 4 rings (SSSR count). The number of hydrogen-bond acceptors (Lipinski definition) is 6. The van der Waals surface area contributed by atoms with Crippen molar-refractivity contribution in [3.05, 3.63) is 70.1 Å². The van der Waals surface area contributed by atoms with Crippen LogP contribution in [0.3, 0.4) is 0 Å². The van der Waals surface area contributed by atoms with E-state index in [1.807, 2.05) is 43.3 Å². The molecule has 3 aromatic rings. The fourth-order valence-corrected chi connectivity index (χ4v) is 3.14. The molecule has 6 nitrogen and oxygen atoms in total. The standard InChI is InChI=1S/C21H19NO5/c1-13-9-21(23)26-20-11-14(7-8-16(13)20)25-12-15-10-18(22-27-15)17-5-3-4-6-19(17)24-2/h3-9,11,15H,10,12H2,1-2H3/t15-/m1/s1. The van der Waals surface area contributed by atoms with Gasteiger partial charge in [0, 0.05) is 29.5 Å². The van der Waals surface area contributed by atoms with Crippen LogP contribution in [0.2, 0.25) is 0 Å². The van der Waals surface area contributed by atoms with Crippen LogP contribution in [-0.4, -0.2) is 25.5 Å². The van der Waals surface area contributed by atoms with Crippen LogP contribution < -0.4 is 15.1 Å². The van der Waals surface area contributed by atoms with E-state index in [2.05, 4.69) is 5.16 Å². The lowest BCUT2D eigenvalue weighted by Gasteiger charge is -2.11. The minimum atomic E-state index is -0.369. The van der Waals surface area contributed by atoms with Gasteiger partial charge in [0.25, 0.3) is 0 Å². The van der Waals surface area contributed by atoms with Gasteiger partial charge in [-0.3, -0.25) is 0 Å². The maximum absolute atomic E-state index is 11.6. The van der Waals surface area contributed by atoms with Crippen LogP contribution in [0.5, 0.6) is 11.5 Å². The number of para-hydroxylation sites is 1. The number of nitrogens with zero attached hydrogens (tertiary/aromatic N) is 1. The van der Waals surface area contributed by atoms with Gasteiger partial charge in [-0.2, -0.15) is 0 Å². The molecule has 0 radical (unpaired) electrons. The number of aryl methyl sites for hydroxylation is 1. The van der Waals surface area contributed by atoms with Gasteiger partial charge in [0.05, 0.1) is 12.8 Å².